The first-order chi connectivity index (χ1) is 14.5. The van der Waals surface area contributed by atoms with Crippen molar-refractivity contribution in [3.05, 3.63) is 29.6 Å². The number of rotatable bonds is 6. The quantitative estimate of drug-likeness (QED) is 0.735. The predicted octanol–water partition coefficient (Wildman–Crippen LogP) is 4.23. The molecule has 5 nitrogen and oxygen atoms in total. The molecule has 6 heteroatoms. The van der Waals surface area contributed by atoms with Crippen LogP contribution >= 0.6 is 0 Å². The third kappa shape index (κ3) is 4.58. The van der Waals surface area contributed by atoms with Crippen LogP contribution in [0.4, 0.5) is 4.39 Å². The third-order valence-corrected chi connectivity index (χ3v) is 7.55. The average Bonchev–Trinajstić information content (AvgIpc) is 3.17. The van der Waals surface area contributed by atoms with Gasteiger partial charge in [0, 0.05) is 31.0 Å². The molecule has 31 heavy (non-hydrogen) atoms. The molecule has 170 valence electrons. The highest BCUT2D eigenvalue weighted by Gasteiger charge is 2.51. The SMILES string of the molecule is COc1cc(C[C@@]2(CCC(=O)N3C[C@]4(C)C[C@H]3CC(C)(C)C4)CCC(=O)N2)ccc1F. The van der Waals surface area contributed by atoms with Gasteiger partial charge in [0.2, 0.25) is 11.8 Å². The van der Waals surface area contributed by atoms with Gasteiger partial charge in [0.25, 0.3) is 0 Å². The first-order valence-electron chi connectivity index (χ1n) is 11.5. The van der Waals surface area contributed by atoms with Gasteiger partial charge >= 0.3 is 0 Å². The number of ether oxygens (including phenoxy) is 1. The van der Waals surface area contributed by atoms with Crippen molar-refractivity contribution in [2.45, 2.75) is 83.7 Å². The van der Waals surface area contributed by atoms with Crippen LogP contribution < -0.4 is 10.1 Å². The summed E-state index contributed by atoms with van der Waals surface area (Å²) in [5.74, 6) is 0.0206. The molecule has 1 aromatic rings. The summed E-state index contributed by atoms with van der Waals surface area (Å²) in [4.78, 5) is 27.5. The molecule has 0 aromatic heterocycles. The highest BCUT2D eigenvalue weighted by Crippen LogP contribution is 2.52. The Bertz CT molecular complexity index is 886. The van der Waals surface area contributed by atoms with Gasteiger partial charge in [-0.25, -0.2) is 4.39 Å². The van der Waals surface area contributed by atoms with E-state index in [1.54, 1.807) is 12.1 Å². The Morgan fingerprint density at radius 2 is 2.06 bits per heavy atom. The Balaban J connectivity index is 1.46. The summed E-state index contributed by atoms with van der Waals surface area (Å²) in [5.41, 5.74) is 0.924. The van der Waals surface area contributed by atoms with E-state index in [1.165, 1.54) is 13.2 Å². The van der Waals surface area contributed by atoms with E-state index in [1.807, 2.05) is 0 Å². The number of fused-ring (bicyclic) bond motifs is 2. The second-order valence-electron chi connectivity index (χ2n) is 11.2. The predicted molar refractivity (Wildman–Crippen MR) is 117 cm³/mol. The van der Waals surface area contributed by atoms with Crippen LogP contribution in [0.2, 0.25) is 0 Å². The molecular weight excluding hydrogens is 395 g/mol. The molecule has 2 aliphatic heterocycles. The van der Waals surface area contributed by atoms with Crippen LogP contribution in [0, 0.1) is 16.6 Å². The van der Waals surface area contributed by atoms with Crippen LogP contribution in [0.3, 0.4) is 0 Å². The molecule has 3 atom stereocenters. The molecule has 2 heterocycles. The maximum atomic E-state index is 13.8. The van der Waals surface area contributed by atoms with Crippen LogP contribution in [0.5, 0.6) is 5.75 Å². The summed E-state index contributed by atoms with van der Waals surface area (Å²) in [5, 5.41) is 3.14. The van der Waals surface area contributed by atoms with Crippen molar-refractivity contribution in [3.63, 3.8) is 0 Å². The second-order valence-corrected chi connectivity index (χ2v) is 11.2. The monoisotopic (exact) mass is 430 g/mol. The topological polar surface area (TPSA) is 58.6 Å². The minimum absolute atomic E-state index is 0.0211. The van der Waals surface area contributed by atoms with Crippen molar-refractivity contribution in [3.8, 4) is 5.75 Å². The molecule has 2 bridgehead atoms. The molecule has 1 saturated carbocycles. The van der Waals surface area contributed by atoms with Crippen molar-refractivity contribution in [1.29, 1.82) is 0 Å². The summed E-state index contributed by atoms with van der Waals surface area (Å²) in [6.45, 7) is 7.78. The maximum Gasteiger partial charge on any atom is 0.222 e. The highest BCUT2D eigenvalue weighted by atomic mass is 19.1. The van der Waals surface area contributed by atoms with Crippen LogP contribution in [-0.4, -0.2) is 41.9 Å². The zero-order chi connectivity index (χ0) is 22.4. The van der Waals surface area contributed by atoms with Crippen molar-refractivity contribution in [1.82, 2.24) is 10.2 Å². The van der Waals surface area contributed by atoms with E-state index >= 15 is 0 Å². The Labute approximate surface area is 184 Å². The van der Waals surface area contributed by atoms with Gasteiger partial charge in [-0.05, 0) is 67.1 Å². The van der Waals surface area contributed by atoms with Crippen LogP contribution in [0.15, 0.2) is 18.2 Å². The summed E-state index contributed by atoms with van der Waals surface area (Å²) >= 11 is 0. The number of likely N-dealkylation sites (tertiary alicyclic amines) is 1. The molecule has 3 aliphatic rings. The van der Waals surface area contributed by atoms with Gasteiger partial charge in [-0.1, -0.05) is 26.8 Å². The maximum absolute atomic E-state index is 13.8. The lowest BCUT2D eigenvalue weighted by Gasteiger charge is -2.39. The Hall–Kier alpha value is -2.11. The van der Waals surface area contributed by atoms with E-state index in [-0.39, 0.29) is 28.4 Å². The first-order valence-corrected chi connectivity index (χ1v) is 11.5. The molecule has 0 spiro atoms. The molecule has 4 rings (SSSR count). The summed E-state index contributed by atoms with van der Waals surface area (Å²) in [6.07, 6.45) is 6.05. The summed E-state index contributed by atoms with van der Waals surface area (Å²) < 4.78 is 18.9. The fraction of sp³-hybridized carbons (Fsp3) is 0.680. The van der Waals surface area contributed by atoms with Crippen LogP contribution in [0.1, 0.15) is 71.3 Å². The van der Waals surface area contributed by atoms with E-state index < -0.39 is 11.4 Å². The fourth-order valence-corrected chi connectivity index (χ4v) is 6.63. The van der Waals surface area contributed by atoms with Gasteiger partial charge < -0.3 is 15.0 Å². The van der Waals surface area contributed by atoms with Crippen molar-refractivity contribution >= 4 is 11.8 Å². The van der Waals surface area contributed by atoms with E-state index in [0.29, 0.717) is 38.1 Å². The fourth-order valence-electron chi connectivity index (χ4n) is 6.63. The molecule has 0 unspecified atom stereocenters. The Morgan fingerprint density at radius 3 is 2.74 bits per heavy atom. The lowest BCUT2D eigenvalue weighted by atomic mass is 9.65. The normalized spacial score (nSPS) is 31.6. The van der Waals surface area contributed by atoms with Gasteiger partial charge in [-0.15, -0.1) is 0 Å². The summed E-state index contributed by atoms with van der Waals surface area (Å²) in [6, 6.07) is 5.15. The molecule has 1 N–H and O–H groups in total. The summed E-state index contributed by atoms with van der Waals surface area (Å²) in [7, 11) is 1.45. The minimum Gasteiger partial charge on any atom is -0.494 e. The lowest BCUT2D eigenvalue weighted by Crippen LogP contribution is -2.45. The third-order valence-electron chi connectivity index (χ3n) is 7.55. The number of methoxy groups -OCH3 is 1. The molecule has 0 radical (unpaired) electrons. The smallest absolute Gasteiger partial charge is 0.222 e. The van der Waals surface area contributed by atoms with Gasteiger partial charge in [-0.2, -0.15) is 0 Å². The second kappa shape index (κ2) is 7.79. The number of nitrogens with one attached hydrogen (secondary N) is 1. The largest absolute Gasteiger partial charge is 0.494 e. The van der Waals surface area contributed by atoms with Crippen molar-refractivity contribution < 1.29 is 18.7 Å². The van der Waals surface area contributed by atoms with Gasteiger partial charge in [0.1, 0.15) is 0 Å². The average molecular weight is 431 g/mol. The number of amides is 2. The van der Waals surface area contributed by atoms with E-state index in [0.717, 1.165) is 31.4 Å². The highest BCUT2D eigenvalue weighted by molar-refractivity contribution is 5.80. The van der Waals surface area contributed by atoms with E-state index in [9.17, 15) is 14.0 Å². The van der Waals surface area contributed by atoms with Gasteiger partial charge in [-0.3, -0.25) is 9.59 Å². The first kappa shape index (κ1) is 22.1. The van der Waals surface area contributed by atoms with Crippen molar-refractivity contribution in [2.24, 2.45) is 10.8 Å². The van der Waals surface area contributed by atoms with Crippen LogP contribution in [-0.2, 0) is 16.0 Å². The van der Waals surface area contributed by atoms with Crippen molar-refractivity contribution in [2.75, 3.05) is 13.7 Å². The van der Waals surface area contributed by atoms with Gasteiger partial charge in [0.15, 0.2) is 11.6 Å². The van der Waals surface area contributed by atoms with E-state index in [2.05, 4.69) is 31.0 Å². The van der Waals surface area contributed by atoms with Gasteiger partial charge in [0.05, 0.1) is 7.11 Å². The lowest BCUT2D eigenvalue weighted by molar-refractivity contribution is -0.133. The number of hydrogen-bond acceptors (Lipinski definition) is 3. The molecule has 3 fully saturated rings. The zero-order valence-electron chi connectivity index (χ0n) is 19.2. The zero-order valence-corrected chi connectivity index (χ0v) is 19.2. The molecule has 2 saturated heterocycles. The number of hydrogen-bond donors (Lipinski definition) is 1. The standard InChI is InChI=1S/C25H35FN2O3/c1-23(2)13-18-14-24(3,15-23)16-28(18)22(30)8-10-25(9-7-21(29)27-25)12-17-5-6-19(26)20(11-17)31-4/h5-6,11,18H,7-10,12-16H2,1-4H3,(H,27,29)/t18-,24-,25+/m1/s1. The molecule has 1 aliphatic carbocycles. The van der Waals surface area contributed by atoms with Crippen LogP contribution in [0.25, 0.3) is 0 Å². The number of halogens is 1. The number of benzene rings is 1. The Kier molecular flexibility index (Phi) is 5.55. The van der Waals surface area contributed by atoms with E-state index in [4.69, 9.17) is 4.74 Å². The molecule has 1 aromatic carbocycles. The molecule has 2 amide bonds. The Morgan fingerprint density at radius 1 is 1.29 bits per heavy atom. The molecular formula is C25H35FN2O3. The number of carbonyl (C=O) groups excluding carboxylic acids is 2. The number of nitrogens with zero attached hydrogens (tertiary/aromatic N) is 1. The number of carbonyl (C=O) groups is 2. The minimum atomic E-state index is -0.465.